The average molecular weight is 418 g/mol. The lowest BCUT2D eigenvalue weighted by molar-refractivity contribution is 0.0526. The first kappa shape index (κ1) is 21.8. The average Bonchev–Trinajstić information content (AvgIpc) is 2.80. The van der Waals surface area contributed by atoms with Crippen molar-refractivity contribution in [1.29, 1.82) is 5.26 Å². The molecule has 0 radical (unpaired) electrons. The van der Waals surface area contributed by atoms with E-state index in [2.05, 4.69) is 4.98 Å². The molecular weight excluding hydrogens is 399 g/mol. The minimum Gasteiger partial charge on any atom is -0.462 e. The van der Waals surface area contributed by atoms with Crippen LogP contribution in [-0.2, 0) is 11.3 Å². The second kappa shape index (κ2) is 10.3. The number of pyridine rings is 1. The molecule has 156 valence electrons. The molecule has 0 amide bonds. The lowest BCUT2D eigenvalue weighted by Crippen LogP contribution is -2.18. The van der Waals surface area contributed by atoms with Crippen molar-refractivity contribution in [3.05, 3.63) is 71.4 Å². The normalized spacial score (nSPS) is 10.1. The SMILES string of the molecule is CCOC(=O)c1ccc(Oc2ccc(BO)c(CO)c2)c(Oc2ccc(C#N)cn2)c1. The summed E-state index contributed by atoms with van der Waals surface area (Å²) in [5.41, 5.74) is 1.76. The van der Waals surface area contributed by atoms with Gasteiger partial charge in [-0.2, -0.15) is 5.26 Å². The van der Waals surface area contributed by atoms with Gasteiger partial charge in [0.25, 0.3) is 0 Å². The lowest BCUT2D eigenvalue weighted by Gasteiger charge is -2.14. The first-order valence-corrected chi connectivity index (χ1v) is 9.44. The number of esters is 1. The number of aromatic nitrogens is 1. The third-order valence-electron chi connectivity index (χ3n) is 4.28. The fourth-order valence-corrected chi connectivity index (χ4v) is 2.73. The Hall–Kier alpha value is -3.87. The number of aliphatic hydroxyl groups excluding tert-OH is 1. The Morgan fingerprint density at radius 3 is 2.61 bits per heavy atom. The van der Waals surface area contributed by atoms with Gasteiger partial charge < -0.3 is 24.3 Å². The monoisotopic (exact) mass is 418 g/mol. The highest BCUT2D eigenvalue weighted by Gasteiger charge is 2.15. The molecule has 0 bridgehead atoms. The van der Waals surface area contributed by atoms with Crippen LogP contribution in [-0.4, -0.2) is 35.2 Å². The van der Waals surface area contributed by atoms with E-state index in [1.807, 2.05) is 6.07 Å². The lowest BCUT2D eigenvalue weighted by atomic mass is 9.84. The minimum absolute atomic E-state index is 0.205. The van der Waals surface area contributed by atoms with Gasteiger partial charge in [0.1, 0.15) is 11.8 Å². The molecule has 9 heteroatoms. The Morgan fingerprint density at radius 1 is 1.13 bits per heavy atom. The highest BCUT2D eigenvalue weighted by molar-refractivity contribution is 6.46. The molecule has 0 unspecified atom stereocenters. The third kappa shape index (κ3) is 5.39. The van der Waals surface area contributed by atoms with Gasteiger partial charge in [0.05, 0.1) is 24.3 Å². The molecule has 3 aromatic rings. The molecule has 31 heavy (non-hydrogen) atoms. The maximum atomic E-state index is 12.1. The second-order valence-electron chi connectivity index (χ2n) is 6.33. The second-order valence-corrected chi connectivity index (χ2v) is 6.33. The number of carbonyl (C=O) groups excluding carboxylic acids is 1. The largest absolute Gasteiger partial charge is 0.462 e. The van der Waals surface area contributed by atoms with Gasteiger partial charge in [-0.3, -0.25) is 0 Å². The van der Waals surface area contributed by atoms with E-state index in [4.69, 9.17) is 19.5 Å². The predicted molar refractivity (Wildman–Crippen MR) is 113 cm³/mol. The van der Waals surface area contributed by atoms with Crippen molar-refractivity contribution in [2.75, 3.05) is 6.61 Å². The van der Waals surface area contributed by atoms with E-state index in [9.17, 15) is 14.9 Å². The van der Waals surface area contributed by atoms with Crippen LogP contribution in [0.3, 0.4) is 0 Å². The van der Waals surface area contributed by atoms with Crippen LogP contribution in [0.2, 0.25) is 0 Å². The fraction of sp³-hybridized carbons (Fsp3) is 0.136. The van der Waals surface area contributed by atoms with E-state index in [0.717, 1.165) is 0 Å². The van der Waals surface area contributed by atoms with E-state index >= 15 is 0 Å². The van der Waals surface area contributed by atoms with E-state index in [0.29, 0.717) is 28.1 Å². The number of rotatable bonds is 8. The molecule has 3 rings (SSSR count). The van der Waals surface area contributed by atoms with Gasteiger partial charge in [-0.05, 0) is 54.3 Å². The van der Waals surface area contributed by atoms with Crippen molar-refractivity contribution in [2.24, 2.45) is 0 Å². The number of carbonyl (C=O) groups is 1. The Labute approximate surface area is 179 Å². The van der Waals surface area contributed by atoms with Crippen molar-refractivity contribution in [1.82, 2.24) is 4.98 Å². The fourth-order valence-electron chi connectivity index (χ4n) is 2.73. The summed E-state index contributed by atoms with van der Waals surface area (Å²) in [7, 11) is -0.205. The molecule has 0 spiro atoms. The van der Waals surface area contributed by atoms with Crippen LogP contribution in [0.5, 0.6) is 23.1 Å². The van der Waals surface area contributed by atoms with Gasteiger partial charge >= 0.3 is 13.5 Å². The summed E-state index contributed by atoms with van der Waals surface area (Å²) in [6, 6.07) is 14.5. The highest BCUT2D eigenvalue weighted by Crippen LogP contribution is 2.35. The molecule has 0 atom stereocenters. The Kier molecular flexibility index (Phi) is 7.22. The first-order chi connectivity index (χ1) is 15.1. The standard InChI is InChI=1S/C22H19BN2O6/c1-2-29-22(27)15-4-7-19(30-17-5-6-18(23-28)16(9-17)13-26)20(10-15)31-21-8-3-14(11-24)12-25-21/h3-10,12,23,26,28H,2,13H2,1H3. The summed E-state index contributed by atoms with van der Waals surface area (Å²) in [5, 5.41) is 27.8. The number of hydrogen-bond acceptors (Lipinski definition) is 8. The van der Waals surface area contributed by atoms with Crippen LogP contribution in [0.4, 0.5) is 0 Å². The van der Waals surface area contributed by atoms with Gasteiger partial charge in [-0.1, -0.05) is 6.07 Å². The number of ether oxygens (including phenoxy) is 3. The maximum absolute atomic E-state index is 12.1. The molecule has 1 heterocycles. The molecule has 0 aliphatic rings. The molecule has 0 aliphatic carbocycles. The quantitative estimate of drug-likeness (QED) is 0.422. The topological polar surface area (TPSA) is 122 Å². The van der Waals surface area contributed by atoms with Gasteiger partial charge in [0.2, 0.25) is 5.88 Å². The highest BCUT2D eigenvalue weighted by atomic mass is 16.5. The van der Waals surface area contributed by atoms with Crippen LogP contribution in [0.1, 0.15) is 28.4 Å². The van der Waals surface area contributed by atoms with E-state index in [1.54, 1.807) is 43.3 Å². The van der Waals surface area contributed by atoms with Crippen molar-refractivity contribution >= 4 is 18.9 Å². The van der Waals surface area contributed by atoms with E-state index < -0.39 is 5.97 Å². The number of hydrogen-bond donors (Lipinski definition) is 2. The van der Waals surface area contributed by atoms with E-state index in [-0.39, 0.29) is 37.9 Å². The summed E-state index contributed by atoms with van der Waals surface area (Å²) in [4.78, 5) is 16.2. The first-order valence-electron chi connectivity index (χ1n) is 9.44. The van der Waals surface area contributed by atoms with Crippen molar-refractivity contribution in [3.63, 3.8) is 0 Å². The van der Waals surface area contributed by atoms with Crippen LogP contribution < -0.4 is 14.9 Å². The van der Waals surface area contributed by atoms with Gasteiger partial charge in [0, 0.05) is 12.3 Å². The number of benzene rings is 2. The molecular formula is C22H19BN2O6. The van der Waals surface area contributed by atoms with Crippen molar-refractivity contribution < 1.29 is 29.1 Å². The molecule has 0 aliphatic heterocycles. The van der Waals surface area contributed by atoms with Crippen LogP contribution in [0, 0.1) is 11.3 Å². The number of aliphatic hydroxyl groups is 1. The third-order valence-corrected chi connectivity index (χ3v) is 4.28. The molecule has 0 saturated heterocycles. The zero-order valence-corrected chi connectivity index (χ0v) is 16.7. The molecule has 2 N–H and O–H groups in total. The van der Waals surface area contributed by atoms with Gasteiger partial charge in [0.15, 0.2) is 11.5 Å². The maximum Gasteiger partial charge on any atom is 0.338 e. The molecule has 2 aromatic carbocycles. The van der Waals surface area contributed by atoms with Gasteiger partial charge in [-0.25, -0.2) is 9.78 Å². The summed E-state index contributed by atoms with van der Waals surface area (Å²) in [5.74, 6) is 0.597. The zero-order valence-electron chi connectivity index (χ0n) is 16.7. The summed E-state index contributed by atoms with van der Waals surface area (Å²) < 4.78 is 16.8. The molecule has 0 fully saturated rings. The smallest absolute Gasteiger partial charge is 0.338 e. The molecule has 8 nitrogen and oxygen atoms in total. The predicted octanol–water partition coefficient (Wildman–Crippen LogP) is 2.18. The van der Waals surface area contributed by atoms with Crippen LogP contribution in [0.15, 0.2) is 54.7 Å². The number of nitriles is 1. The van der Waals surface area contributed by atoms with Crippen molar-refractivity contribution in [2.45, 2.75) is 13.5 Å². The summed E-state index contributed by atoms with van der Waals surface area (Å²) >= 11 is 0. The zero-order chi connectivity index (χ0) is 22.2. The number of nitrogens with zero attached hydrogens (tertiary/aromatic N) is 2. The van der Waals surface area contributed by atoms with Crippen molar-refractivity contribution in [3.8, 4) is 29.2 Å². The summed E-state index contributed by atoms with van der Waals surface area (Å²) in [6.45, 7) is 1.68. The minimum atomic E-state index is -0.512. The van der Waals surface area contributed by atoms with Gasteiger partial charge in [-0.15, -0.1) is 0 Å². The summed E-state index contributed by atoms with van der Waals surface area (Å²) in [6.07, 6.45) is 1.37. The van der Waals surface area contributed by atoms with Crippen LogP contribution >= 0.6 is 0 Å². The Morgan fingerprint density at radius 2 is 1.97 bits per heavy atom. The Balaban J connectivity index is 1.96. The van der Waals surface area contributed by atoms with Crippen LogP contribution in [0.25, 0.3) is 0 Å². The van der Waals surface area contributed by atoms with E-state index in [1.165, 1.54) is 18.3 Å². The molecule has 0 saturated carbocycles. The molecule has 1 aromatic heterocycles. The Bertz CT molecular complexity index is 1110.